The highest BCUT2D eigenvalue weighted by atomic mass is 79.9. The van der Waals surface area contributed by atoms with Crippen LogP contribution in [-0.4, -0.2) is 16.0 Å². The molecule has 0 atom stereocenters. The molecular weight excluding hydrogens is 340 g/mol. The number of benzene rings is 1. The predicted molar refractivity (Wildman–Crippen MR) is 79.7 cm³/mol. The number of nitrogens with zero attached hydrogens (tertiary/aromatic N) is 2. The lowest BCUT2D eigenvalue weighted by Crippen LogP contribution is -2.16. The van der Waals surface area contributed by atoms with Crippen LogP contribution in [0.2, 0.25) is 0 Å². The molecule has 2 aromatic rings. The smallest absolute Gasteiger partial charge is 0.173 e. The molecule has 1 heterocycles. The molecule has 0 bridgehead atoms. The van der Waals surface area contributed by atoms with Crippen molar-refractivity contribution in [2.75, 3.05) is 0 Å². The number of nitrogens with one attached hydrogen (secondary N) is 1. The van der Waals surface area contributed by atoms with Gasteiger partial charge in [-0.05, 0) is 53.9 Å². The lowest BCUT2D eigenvalue weighted by Gasteiger charge is -2.09. The van der Waals surface area contributed by atoms with Crippen molar-refractivity contribution in [3.63, 3.8) is 0 Å². The van der Waals surface area contributed by atoms with E-state index in [2.05, 4.69) is 31.2 Å². The monoisotopic (exact) mass is 353 g/mol. The average molecular weight is 354 g/mol. The molecule has 0 spiro atoms. The van der Waals surface area contributed by atoms with Gasteiger partial charge in [-0.15, -0.1) is 0 Å². The van der Waals surface area contributed by atoms with Crippen molar-refractivity contribution in [1.29, 1.82) is 0 Å². The molecule has 1 aromatic carbocycles. The van der Waals surface area contributed by atoms with Crippen LogP contribution in [0.25, 0.3) is 11.4 Å². The molecule has 6 heteroatoms. The predicted octanol–water partition coefficient (Wildman–Crippen LogP) is 3.74. The molecule has 3 rings (SSSR count). The van der Waals surface area contributed by atoms with Gasteiger partial charge in [0, 0.05) is 23.8 Å². The second-order valence-corrected chi connectivity index (χ2v) is 6.00. The van der Waals surface area contributed by atoms with Crippen molar-refractivity contribution in [3.05, 3.63) is 45.7 Å². The molecule has 3 nitrogen and oxygen atoms in total. The summed E-state index contributed by atoms with van der Waals surface area (Å²) < 4.78 is 26.9. The van der Waals surface area contributed by atoms with Crippen LogP contribution in [0.4, 0.5) is 8.78 Å². The molecule has 110 valence electrons. The largest absolute Gasteiger partial charge is 0.308 e. The van der Waals surface area contributed by atoms with Gasteiger partial charge in [0.1, 0.15) is 0 Å². The normalized spacial score (nSPS) is 14.5. The Labute approximate surface area is 129 Å². The molecule has 1 saturated carbocycles. The zero-order valence-electron chi connectivity index (χ0n) is 11.5. The Morgan fingerprint density at radius 3 is 2.76 bits per heavy atom. The fourth-order valence-electron chi connectivity index (χ4n) is 2.08. The maximum atomic E-state index is 13.7. The third kappa shape index (κ3) is 3.27. The van der Waals surface area contributed by atoms with E-state index < -0.39 is 11.6 Å². The zero-order chi connectivity index (χ0) is 15.0. The van der Waals surface area contributed by atoms with Crippen molar-refractivity contribution in [2.45, 2.75) is 32.4 Å². The van der Waals surface area contributed by atoms with Crippen LogP contribution in [-0.2, 0) is 6.54 Å². The van der Waals surface area contributed by atoms with Crippen LogP contribution >= 0.6 is 15.9 Å². The van der Waals surface area contributed by atoms with E-state index in [1.165, 1.54) is 18.9 Å². The number of aryl methyl sites for hydroxylation is 1. The first kappa shape index (κ1) is 14.5. The zero-order valence-corrected chi connectivity index (χ0v) is 13.0. The van der Waals surface area contributed by atoms with Gasteiger partial charge in [-0.2, -0.15) is 0 Å². The Hall–Kier alpha value is -1.40. The SMILES string of the molecule is Cc1cc(CNC2CC2)nc(-c2ccc(F)c(F)c2Br)n1. The van der Waals surface area contributed by atoms with E-state index in [9.17, 15) is 8.78 Å². The third-order valence-electron chi connectivity index (χ3n) is 3.33. The highest BCUT2D eigenvalue weighted by Gasteiger charge is 2.21. The Morgan fingerprint density at radius 2 is 2.05 bits per heavy atom. The minimum absolute atomic E-state index is 0.0502. The van der Waals surface area contributed by atoms with Gasteiger partial charge < -0.3 is 5.32 Å². The number of rotatable bonds is 4. The van der Waals surface area contributed by atoms with E-state index in [4.69, 9.17) is 0 Å². The quantitative estimate of drug-likeness (QED) is 0.850. The summed E-state index contributed by atoms with van der Waals surface area (Å²) in [6, 6.07) is 5.05. The first-order chi connectivity index (χ1) is 10.0. The lowest BCUT2D eigenvalue weighted by atomic mass is 10.2. The van der Waals surface area contributed by atoms with E-state index in [-0.39, 0.29) is 4.47 Å². The molecule has 0 amide bonds. The number of hydrogen-bond donors (Lipinski definition) is 1. The fraction of sp³-hybridized carbons (Fsp3) is 0.333. The first-order valence-corrected chi connectivity index (χ1v) is 7.55. The molecule has 1 aliphatic rings. The Morgan fingerprint density at radius 1 is 1.29 bits per heavy atom. The van der Waals surface area contributed by atoms with Crippen LogP contribution < -0.4 is 5.32 Å². The van der Waals surface area contributed by atoms with Gasteiger partial charge in [0.25, 0.3) is 0 Å². The van der Waals surface area contributed by atoms with E-state index in [0.29, 0.717) is 24.0 Å². The average Bonchev–Trinajstić information content (AvgIpc) is 3.26. The summed E-state index contributed by atoms with van der Waals surface area (Å²) in [7, 11) is 0. The van der Waals surface area contributed by atoms with Gasteiger partial charge in [-0.25, -0.2) is 18.7 Å². The van der Waals surface area contributed by atoms with Crippen molar-refractivity contribution >= 4 is 15.9 Å². The second-order valence-electron chi connectivity index (χ2n) is 5.20. The lowest BCUT2D eigenvalue weighted by molar-refractivity contribution is 0.504. The van der Waals surface area contributed by atoms with Crippen LogP contribution in [0.15, 0.2) is 22.7 Å². The van der Waals surface area contributed by atoms with Crippen molar-refractivity contribution in [1.82, 2.24) is 15.3 Å². The van der Waals surface area contributed by atoms with Gasteiger partial charge in [0.15, 0.2) is 17.5 Å². The second kappa shape index (κ2) is 5.77. The van der Waals surface area contributed by atoms with Crippen LogP contribution in [0.5, 0.6) is 0 Å². The van der Waals surface area contributed by atoms with Gasteiger partial charge in [0.2, 0.25) is 0 Å². The molecule has 1 N–H and O–H groups in total. The maximum Gasteiger partial charge on any atom is 0.173 e. The molecule has 0 aliphatic heterocycles. The highest BCUT2D eigenvalue weighted by molar-refractivity contribution is 9.10. The van der Waals surface area contributed by atoms with Gasteiger partial charge in [0.05, 0.1) is 10.2 Å². The van der Waals surface area contributed by atoms with Gasteiger partial charge in [-0.3, -0.25) is 0 Å². The molecular formula is C15H14BrF2N3. The topological polar surface area (TPSA) is 37.8 Å². The van der Waals surface area contributed by atoms with E-state index in [1.54, 1.807) is 0 Å². The summed E-state index contributed by atoms with van der Waals surface area (Å²) in [5.74, 6) is -1.42. The first-order valence-electron chi connectivity index (χ1n) is 6.76. The minimum Gasteiger partial charge on any atom is -0.308 e. The van der Waals surface area contributed by atoms with Crippen molar-refractivity contribution < 1.29 is 8.78 Å². The summed E-state index contributed by atoms with van der Waals surface area (Å²) in [5, 5.41) is 3.38. The molecule has 0 radical (unpaired) electrons. The number of hydrogen-bond acceptors (Lipinski definition) is 3. The fourth-order valence-corrected chi connectivity index (χ4v) is 2.58. The van der Waals surface area contributed by atoms with Gasteiger partial charge >= 0.3 is 0 Å². The highest BCUT2D eigenvalue weighted by Crippen LogP contribution is 2.30. The van der Waals surface area contributed by atoms with E-state index >= 15 is 0 Å². The molecule has 1 aliphatic carbocycles. The summed E-state index contributed by atoms with van der Waals surface area (Å²) in [6.45, 7) is 2.52. The van der Waals surface area contributed by atoms with Crippen molar-refractivity contribution in [2.24, 2.45) is 0 Å². The summed E-state index contributed by atoms with van der Waals surface area (Å²) >= 11 is 3.08. The van der Waals surface area contributed by atoms with E-state index in [1.807, 2.05) is 13.0 Å². The summed E-state index contributed by atoms with van der Waals surface area (Å²) in [4.78, 5) is 8.76. The van der Waals surface area contributed by atoms with Crippen LogP contribution in [0.1, 0.15) is 24.2 Å². The number of halogens is 3. The molecule has 1 fully saturated rings. The van der Waals surface area contributed by atoms with Crippen molar-refractivity contribution in [3.8, 4) is 11.4 Å². The molecule has 0 saturated heterocycles. The molecule has 21 heavy (non-hydrogen) atoms. The summed E-state index contributed by atoms with van der Waals surface area (Å²) in [5.41, 5.74) is 2.09. The third-order valence-corrected chi connectivity index (χ3v) is 4.11. The minimum atomic E-state index is -0.921. The van der Waals surface area contributed by atoms with Crippen LogP contribution in [0.3, 0.4) is 0 Å². The number of aromatic nitrogens is 2. The Bertz CT molecular complexity index is 687. The van der Waals surface area contributed by atoms with Gasteiger partial charge in [-0.1, -0.05) is 0 Å². The summed E-state index contributed by atoms with van der Waals surface area (Å²) in [6.07, 6.45) is 2.40. The molecule has 0 unspecified atom stereocenters. The van der Waals surface area contributed by atoms with E-state index in [0.717, 1.165) is 17.5 Å². The maximum absolute atomic E-state index is 13.7. The Kier molecular flexibility index (Phi) is 3.99. The van der Waals surface area contributed by atoms with Crippen LogP contribution in [0, 0.1) is 18.6 Å². The molecule has 1 aromatic heterocycles. The standard InChI is InChI=1S/C15H14BrF2N3/c1-8-6-10(7-19-9-2-3-9)21-15(20-8)11-4-5-12(17)14(18)13(11)16/h4-6,9,19H,2-3,7H2,1H3. The Balaban J connectivity index is 1.95.